The number of para-hydroxylation sites is 1. The number of halogens is 5. The number of nitrogens with zero attached hydrogens (tertiary/aromatic N) is 3. The molecule has 0 aliphatic carbocycles. The fourth-order valence-corrected chi connectivity index (χ4v) is 6.59. The molecular weight excluding hydrogens is 604 g/mol. The van der Waals surface area contributed by atoms with Crippen molar-refractivity contribution < 1.29 is 26.4 Å². The van der Waals surface area contributed by atoms with Gasteiger partial charge in [0.2, 0.25) is 0 Å². The molecule has 4 heterocycles. The van der Waals surface area contributed by atoms with E-state index in [1.54, 1.807) is 36.4 Å². The predicted molar refractivity (Wildman–Crippen MR) is 175 cm³/mol. The quantitative estimate of drug-likeness (QED) is 0.108. The molecule has 0 bridgehead atoms. The Labute approximate surface area is 267 Å². The average molecular weight is 628 g/mol. The molecule has 0 fully saturated rings. The van der Waals surface area contributed by atoms with Crippen LogP contribution in [0.2, 0.25) is 0 Å². The van der Waals surface area contributed by atoms with Gasteiger partial charge in [-0.15, -0.1) is 0 Å². The van der Waals surface area contributed by atoms with Gasteiger partial charge < -0.3 is 0 Å². The van der Waals surface area contributed by atoms with Crippen LogP contribution < -0.4 is 0 Å². The van der Waals surface area contributed by atoms with Crippen LogP contribution in [0.4, 0.5) is 21.9 Å². The van der Waals surface area contributed by atoms with Crippen LogP contribution >= 0.6 is 0 Å². The van der Waals surface area contributed by atoms with E-state index >= 15 is 21.9 Å². The van der Waals surface area contributed by atoms with Crippen LogP contribution in [0, 0.1) is 37.1 Å². The zero-order valence-electron chi connectivity index (χ0n) is 25.2. The number of aryl methyl sites for hydroxylation is 2. The van der Waals surface area contributed by atoms with E-state index in [4.69, 9.17) is 0 Å². The maximum atomic E-state index is 16.9. The molecule has 47 heavy (non-hydrogen) atoms. The summed E-state index contributed by atoms with van der Waals surface area (Å²) in [6, 6.07) is 25.9. The summed E-state index contributed by atoms with van der Waals surface area (Å²) < 4.78 is 84.9. The Balaban J connectivity index is 1.43. The van der Waals surface area contributed by atoms with Crippen molar-refractivity contribution in [3.05, 3.63) is 166 Å². The third kappa shape index (κ3) is 4.33. The molecule has 3 nitrogen and oxygen atoms in total. The molecule has 2 aliphatic rings. The fraction of sp³-hybridized carbons (Fsp3) is 0.0526. The molecule has 8 rings (SSSR count). The van der Waals surface area contributed by atoms with Gasteiger partial charge in [-0.3, -0.25) is 9.46 Å². The summed E-state index contributed by atoms with van der Waals surface area (Å²) in [5.74, 6) is -6.28. The topological polar surface area (TPSA) is 20.8 Å². The number of rotatable bonds is 4. The van der Waals surface area contributed by atoms with Gasteiger partial charge in [-0.2, -0.15) is 0 Å². The lowest BCUT2D eigenvalue weighted by molar-refractivity contribution is -0.334. The van der Waals surface area contributed by atoms with Gasteiger partial charge in [0, 0.05) is 35.0 Å². The first kappa shape index (κ1) is 28.9. The maximum absolute atomic E-state index is 16.9. The number of allylic oxidation sites excluding steroid dienone is 2. The van der Waals surface area contributed by atoms with E-state index in [9.17, 15) is 0 Å². The van der Waals surface area contributed by atoms with Crippen LogP contribution in [0.3, 0.4) is 0 Å². The van der Waals surface area contributed by atoms with Gasteiger partial charge in [-0.05, 0) is 61.4 Å². The molecule has 0 saturated carbocycles. The van der Waals surface area contributed by atoms with Crippen molar-refractivity contribution >= 4 is 29.4 Å². The highest BCUT2D eigenvalue weighted by Gasteiger charge is 2.52. The van der Waals surface area contributed by atoms with Crippen molar-refractivity contribution in [2.45, 2.75) is 13.8 Å². The third-order valence-corrected chi connectivity index (χ3v) is 8.90. The summed E-state index contributed by atoms with van der Waals surface area (Å²) in [5.41, 5.74) is 2.77. The second-order valence-corrected chi connectivity index (χ2v) is 11.7. The number of fused-ring (bicyclic) bond motifs is 3. The van der Waals surface area contributed by atoms with E-state index in [1.165, 1.54) is 33.4 Å². The van der Waals surface area contributed by atoms with Gasteiger partial charge in [0.15, 0.2) is 34.7 Å². The first-order valence-electron chi connectivity index (χ1n) is 15.0. The Morgan fingerprint density at radius 2 is 1.23 bits per heavy atom. The van der Waals surface area contributed by atoms with Gasteiger partial charge in [0.1, 0.15) is 0 Å². The van der Waals surface area contributed by atoms with Gasteiger partial charge in [0.05, 0.1) is 27.9 Å². The molecule has 228 valence electrons. The highest BCUT2D eigenvalue weighted by atomic mass is 19.2. The Kier molecular flexibility index (Phi) is 6.61. The maximum Gasteiger partial charge on any atom is 0.846 e. The van der Waals surface area contributed by atoms with Crippen LogP contribution in [0.15, 0.2) is 115 Å². The lowest BCUT2D eigenvalue weighted by Gasteiger charge is -2.22. The Morgan fingerprint density at radius 1 is 0.638 bits per heavy atom. The number of benzene rings is 4. The van der Waals surface area contributed by atoms with Crippen molar-refractivity contribution in [1.82, 2.24) is 9.46 Å². The standard InChI is InChI=1S/C38H24BF5N3/c1-21-7-11-23(12-8-21)28-15-17-30-33(31-18-16-29(47(31)39(44)46(28)30)24-13-9-22(2)10-14-24)34-37(42)35(40)32(36(41)38(34)43)26-19-20-45-27-6-4-3-5-25(26)27/h3-20H,1-2H3/q+1. The van der Waals surface area contributed by atoms with E-state index in [-0.39, 0.29) is 22.5 Å². The zero-order valence-corrected chi connectivity index (χ0v) is 25.2. The first-order valence-corrected chi connectivity index (χ1v) is 15.0. The number of hydrogen-bond acceptors (Lipinski definition) is 1. The average Bonchev–Trinajstić information content (AvgIpc) is 3.73. The lowest BCUT2D eigenvalue weighted by Crippen LogP contribution is -2.41. The molecular formula is C38H24BF5N3+. The van der Waals surface area contributed by atoms with E-state index < -0.39 is 41.7 Å². The molecule has 0 spiro atoms. The summed E-state index contributed by atoms with van der Waals surface area (Å²) >= 11 is 0. The molecule has 0 atom stereocenters. The zero-order chi connectivity index (χ0) is 32.6. The van der Waals surface area contributed by atoms with Crippen molar-refractivity contribution in [2.75, 3.05) is 0 Å². The summed E-state index contributed by atoms with van der Waals surface area (Å²) in [4.78, 5) is 4.21. The Hall–Kier alpha value is -5.57. The Morgan fingerprint density at radius 3 is 1.91 bits per heavy atom. The minimum absolute atomic E-state index is 0.0394. The van der Waals surface area contributed by atoms with Crippen LogP contribution in [-0.4, -0.2) is 26.9 Å². The third-order valence-electron chi connectivity index (χ3n) is 8.90. The second-order valence-electron chi connectivity index (χ2n) is 11.7. The van der Waals surface area contributed by atoms with Crippen molar-refractivity contribution in [3.8, 4) is 22.4 Å². The molecule has 9 heteroatoms. The minimum Gasteiger partial charge on any atom is -0.285 e. The molecule has 2 aromatic heterocycles. The van der Waals surface area contributed by atoms with Crippen molar-refractivity contribution in [3.63, 3.8) is 0 Å². The van der Waals surface area contributed by atoms with Gasteiger partial charge >= 0.3 is 7.26 Å². The van der Waals surface area contributed by atoms with Crippen LogP contribution in [0.5, 0.6) is 0 Å². The number of hydrogen-bond donors (Lipinski definition) is 0. The normalized spacial score (nSPS) is 14.0. The van der Waals surface area contributed by atoms with Crippen molar-refractivity contribution in [2.24, 2.45) is 0 Å². The van der Waals surface area contributed by atoms with E-state index in [0.717, 1.165) is 11.1 Å². The molecule has 0 unspecified atom stereocenters. The van der Waals surface area contributed by atoms with Crippen molar-refractivity contribution in [1.29, 1.82) is 0 Å². The van der Waals surface area contributed by atoms with E-state index in [2.05, 4.69) is 4.98 Å². The summed E-state index contributed by atoms with van der Waals surface area (Å²) in [6.45, 7) is 3.85. The molecule has 0 amide bonds. The molecule has 0 N–H and O–H groups in total. The predicted octanol–water partition coefficient (Wildman–Crippen LogP) is 9.19. The van der Waals surface area contributed by atoms with Crippen LogP contribution in [0.25, 0.3) is 38.9 Å². The first-order chi connectivity index (χ1) is 22.7. The number of pyridine rings is 1. The Bertz CT molecular complexity index is 2340. The molecule has 0 radical (unpaired) electrons. The van der Waals surface area contributed by atoms with Crippen LogP contribution in [-0.2, 0) is 0 Å². The summed E-state index contributed by atoms with van der Waals surface area (Å²) in [6.07, 6.45) is 4.50. The highest BCUT2D eigenvalue weighted by Crippen LogP contribution is 2.44. The molecule has 2 aliphatic heterocycles. The highest BCUT2D eigenvalue weighted by molar-refractivity contribution is 6.45. The monoisotopic (exact) mass is 628 g/mol. The summed E-state index contributed by atoms with van der Waals surface area (Å²) in [5, 5.41) is 0.332. The van der Waals surface area contributed by atoms with Gasteiger partial charge in [-0.25, -0.2) is 26.4 Å². The van der Waals surface area contributed by atoms with Gasteiger partial charge in [-0.1, -0.05) is 65.7 Å². The smallest absolute Gasteiger partial charge is 0.285 e. The van der Waals surface area contributed by atoms with Gasteiger partial charge in [0.25, 0.3) is 0 Å². The van der Waals surface area contributed by atoms with E-state index in [1.807, 2.05) is 62.4 Å². The minimum atomic E-state index is -1.84. The molecule has 6 aromatic rings. The van der Waals surface area contributed by atoms with Crippen LogP contribution in [0.1, 0.15) is 27.9 Å². The molecule has 4 aromatic carbocycles. The second kappa shape index (κ2) is 10.8. The number of aromatic nitrogens is 2. The fourth-order valence-electron chi connectivity index (χ4n) is 6.59. The molecule has 0 saturated heterocycles. The SMILES string of the molecule is Cc1ccc(C2=[N+]3B(F)n4c(ccc4-c4ccc(C)cc4)C(c4c(F)c(F)c(-c5ccnc6ccccc56)c(F)c4F)=C3C=C2)cc1. The lowest BCUT2D eigenvalue weighted by atomic mass is 9.87. The largest absolute Gasteiger partial charge is 0.846 e. The van der Waals surface area contributed by atoms with E-state index in [0.29, 0.717) is 33.4 Å². The summed E-state index contributed by atoms with van der Waals surface area (Å²) in [7, 11) is -1.84.